The number of aromatic hydroxyl groups is 2. The van der Waals surface area contributed by atoms with E-state index in [1.807, 2.05) is 6.07 Å². The molecule has 18 heavy (non-hydrogen) atoms. The monoisotopic (exact) mass is 249 g/mol. The molecule has 0 unspecified atom stereocenters. The average Bonchev–Trinajstić information content (AvgIpc) is 2.34. The lowest BCUT2D eigenvalue weighted by atomic mass is 10.1. The van der Waals surface area contributed by atoms with E-state index in [1.54, 1.807) is 6.07 Å². The molecular weight excluding hydrogens is 234 g/mol. The topological polar surface area (TPSA) is 119 Å². The molecular formula is C12H15N3O3. The predicted molar refractivity (Wildman–Crippen MR) is 64.7 cm³/mol. The molecule has 1 rings (SSSR count). The number of nitriles is 1. The molecule has 1 aromatic rings. The van der Waals surface area contributed by atoms with Crippen LogP contribution in [0.5, 0.6) is 11.5 Å². The minimum Gasteiger partial charge on any atom is -0.504 e. The van der Waals surface area contributed by atoms with Crippen molar-refractivity contribution in [3.63, 3.8) is 0 Å². The molecule has 0 aliphatic heterocycles. The Balaban J connectivity index is 2.53. The summed E-state index contributed by atoms with van der Waals surface area (Å²) in [5.74, 6) is -0.812. The van der Waals surface area contributed by atoms with Crippen molar-refractivity contribution in [2.24, 2.45) is 5.73 Å². The summed E-state index contributed by atoms with van der Waals surface area (Å²) in [6.45, 7) is 0.268. The highest BCUT2D eigenvalue weighted by molar-refractivity contribution is 5.81. The van der Waals surface area contributed by atoms with Crippen LogP contribution in [0.25, 0.3) is 0 Å². The van der Waals surface area contributed by atoms with E-state index in [2.05, 4.69) is 5.32 Å². The van der Waals surface area contributed by atoms with Crippen molar-refractivity contribution in [3.8, 4) is 17.6 Å². The van der Waals surface area contributed by atoms with E-state index in [9.17, 15) is 9.90 Å². The van der Waals surface area contributed by atoms with Crippen LogP contribution in [0.15, 0.2) is 18.2 Å². The molecule has 0 radical (unpaired) electrons. The van der Waals surface area contributed by atoms with Gasteiger partial charge in [0, 0.05) is 6.54 Å². The van der Waals surface area contributed by atoms with E-state index in [4.69, 9.17) is 16.1 Å². The lowest BCUT2D eigenvalue weighted by molar-refractivity contribution is -0.122. The van der Waals surface area contributed by atoms with Gasteiger partial charge in [-0.2, -0.15) is 5.26 Å². The number of phenolic OH excluding ortho intramolecular Hbond substituents is 2. The van der Waals surface area contributed by atoms with E-state index in [0.717, 1.165) is 0 Å². The first-order chi connectivity index (χ1) is 8.54. The lowest BCUT2D eigenvalue weighted by Crippen LogP contribution is -2.42. The summed E-state index contributed by atoms with van der Waals surface area (Å²) in [5.41, 5.74) is 6.33. The van der Waals surface area contributed by atoms with E-state index >= 15 is 0 Å². The molecule has 96 valence electrons. The van der Waals surface area contributed by atoms with Crippen molar-refractivity contribution in [3.05, 3.63) is 23.8 Å². The largest absolute Gasteiger partial charge is 0.504 e. The second-order valence-corrected chi connectivity index (χ2v) is 3.83. The zero-order chi connectivity index (χ0) is 13.5. The van der Waals surface area contributed by atoms with Crippen LogP contribution in [0.1, 0.15) is 12.0 Å². The third kappa shape index (κ3) is 3.96. The molecule has 5 N–H and O–H groups in total. The first-order valence-electron chi connectivity index (χ1n) is 5.45. The summed E-state index contributed by atoms with van der Waals surface area (Å²) < 4.78 is 0. The van der Waals surface area contributed by atoms with Crippen LogP contribution >= 0.6 is 0 Å². The van der Waals surface area contributed by atoms with Crippen LogP contribution in [0.2, 0.25) is 0 Å². The predicted octanol–water partition coefficient (Wildman–Crippen LogP) is -0.00252. The van der Waals surface area contributed by atoms with Gasteiger partial charge in [0.25, 0.3) is 0 Å². The van der Waals surface area contributed by atoms with E-state index in [1.165, 1.54) is 12.1 Å². The zero-order valence-corrected chi connectivity index (χ0v) is 9.76. The normalized spacial score (nSPS) is 11.6. The van der Waals surface area contributed by atoms with Crippen molar-refractivity contribution in [2.45, 2.75) is 18.9 Å². The third-order valence-electron chi connectivity index (χ3n) is 2.37. The lowest BCUT2D eigenvalue weighted by Gasteiger charge is -2.12. The summed E-state index contributed by atoms with van der Waals surface area (Å²) in [6.07, 6.45) is 0.477. The van der Waals surface area contributed by atoms with Crippen molar-refractivity contribution in [1.29, 1.82) is 5.26 Å². The third-order valence-corrected chi connectivity index (χ3v) is 2.37. The van der Waals surface area contributed by atoms with Gasteiger partial charge in [-0.1, -0.05) is 6.07 Å². The maximum absolute atomic E-state index is 11.5. The van der Waals surface area contributed by atoms with E-state index in [0.29, 0.717) is 5.56 Å². The van der Waals surface area contributed by atoms with Gasteiger partial charge in [0.1, 0.15) is 0 Å². The number of hydrogen-bond acceptors (Lipinski definition) is 5. The standard InChI is InChI=1S/C12H15N3O3/c13-4-1-5-15-12(18)9(14)6-8-2-3-10(16)11(17)7-8/h2-3,7,9,16-17H,1,5-6,14H2,(H,15,18)/t9-/m0/s1. The molecule has 0 aliphatic rings. The van der Waals surface area contributed by atoms with Crippen LogP contribution < -0.4 is 11.1 Å². The summed E-state index contributed by atoms with van der Waals surface area (Å²) in [7, 11) is 0. The molecule has 0 spiro atoms. The summed E-state index contributed by atoms with van der Waals surface area (Å²) in [6, 6.07) is 5.43. The Bertz CT molecular complexity index is 468. The molecule has 6 nitrogen and oxygen atoms in total. The van der Waals surface area contributed by atoms with Gasteiger partial charge in [0.15, 0.2) is 11.5 Å². The first-order valence-corrected chi connectivity index (χ1v) is 5.45. The smallest absolute Gasteiger partial charge is 0.237 e. The number of nitrogens with one attached hydrogen (secondary N) is 1. The number of carbonyl (C=O) groups excluding carboxylic acids is 1. The number of phenols is 2. The molecule has 1 aromatic carbocycles. The van der Waals surface area contributed by atoms with Crippen LogP contribution in [0, 0.1) is 11.3 Å². The van der Waals surface area contributed by atoms with E-state index in [-0.39, 0.29) is 36.8 Å². The molecule has 1 atom stereocenters. The fourth-order valence-electron chi connectivity index (χ4n) is 1.42. The molecule has 0 saturated heterocycles. The quantitative estimate of drug-likeness (QED) is 0.432. The average molecular weight is 249 g/mol. The fraction of sp³-hybridized carbons (Fsp3) is 0.333. The van der Waals surface area contributed by atoms with Gasteiger partial charge < -0.3 is 21.3 Å². The highest BCUT2D eigenvalue weighted by Gasteiger charge is 2.14. The molecule has 1 amide bonds. The zero-order valence-electron chi connectivity index (χ0n) is 9.76. The maximum atomic E-state index is 11.5. The number of rotatable bonds is 5. The van der Waals surface area contributed by atoms with Crippen molar-refractivity contribution < 1.29 is 15.0 Å². The molecule has 0 heterocycles. The molecule has 0 fully saturated rings. The van der Waals surface area contributed by atoms with Gasteiger partial charge in [-0.15, -0.1) is 0 Å². The summed E-state index contributed by atoms with van der Waals surface area (Å²) in [5, 5.41) is 29.3. The number of benzene rings is 1. The SMILES string of the molecule is N#CCCNC(=O)[C@@H](N)Cc1ccc(O)c(O)c1. The highest BCUT2D eigenvalue weighted by atomic mass is 16.3. The minimum absolute atomic E-state index is 0.217. The van der Waals surface area contributed by atoms with Crippen molar-refractivity contribution in [1.82, 2.24) is 5.32 Å². The molecule has 0 bridgehead atoms. The second-order valence-electron chi connectivity index (χ2n) is 3.83. The number of nitrogens with zero attached hydrogens (tertiary/aromatic N) is 1. The van der Waals surface area contributed by atoms with Crippen LogP contribution in [-0.2, 0) is 11.2 Å². The summed E-state index contributed by atoms with van der Waals surface area (Å²) in [4.78, 5) is 11.5. The van der Waals surface area contributed by atoms with Crippen LogP contribution in [0.3, 0.4) is 0 Å². The maximum Gasteiger partial charge on any atom is 0.237 e. The number of nitrogens with two attached hydrogens (primary N) is 1. The van der Waals surface area contributed by atoms with Gasteiger partial charge in [0.2, 0.25) is 5.91 Å². The van der Waals surface area contributed by atoms with Crippen molar-refractivity contribution in [2.75, 3.05) is 6.54 Å². The number of amides is 1. The Morgan fingerprint density at radius 3 is 2.78 bits per heavy atom. The number of hydrogen-bond donors (Lipinski definition) is 4. The van der Waals surface area contributed by atoms with Crippen molar-refractivity contribution >= 4 is 5.91 Å². The van der Waals surface area contributed by atoms with Gasteiger partial charge in [0.05, 0.1) is 18.5 Å². The first kappa shape index (κ1) is 13.8. The molecule has 0 aliphatic carbocycles. The molecule has 0 aromatic heterocycles. The Kier molecular flexibility index (Phi) is 4.96. The minimum atomic E-state index is -0.757. The van der Waals surface area contributed by atoms with Gasteiger partial charge in [-0.3, -0.25) is 4.79 Å². The van der Waals surface area contributed by atoms with Crippen LogP contribution in [-0.4, -0.2) is 28.7 Å². The van der Waals surface area contributed by atoms with Gasteiger partial charge in [-0.25, -0.2) is 0 Å². The van der Waals surface area contributed by atoms with E-state index < -0.39 is 6.04 Å². The Labute approximate surface area is 105 Å². The fourth-order valence-corrected chi connectivity index (χ4v) is 1.42. The summed E-state index contributed by atoms with van der Waals surface area (Å²) >= 11 is 0. The van der Waals surface area contributed by atoms with Gasteiger partial charge in [-0.05, 0) is 24.1 Å². The number of carbonyl (C=O) groups is 1. The van der Waals surface area contributed by atoms with Gasteiger partial charge >= 0.3 is 0 Å². The Morgan fingerprint density at radius 2 is 2.17 bits per heavy atom. The Hall–Kier alpha value is -2.26. The second kappa shape index (κ2) is 6.47. The highest BCUT2D eigenvalue weighted by Crippen LogP contribution is 2.25. The molecule has 0 saturated carbocycles. The Morgan fingerprint density at radius 1 is 1.44 bits per heavy atom. The van der Waals surface area contributed by atoms with Crippen LogP contribution in [0.4, 0.5) is 0 Å². The molecule has 6 heteroatoms.